The molecule has 0 amide bonds. The van der Waals surface area contributed by atoms with Crippen LogP contribution in [-0.2, 0) is 11.2 Å². The van der Waals surface area contributed by atoms with Crippen molar-refractivity contribution in [3.05, 3.63) is 75.3 Å². The first-order valence-electron chi connectivity index (χ1n) is 7.17. The Kier molecular flexibility index (Phi) is 2.68. The lowest BCUT2D eigenvalue weighted by molar-refractivity contribution is -0.384. The van der Waals surface area contributed by atoms with E-state index in [1.807, 2.05) is 24.3 Å². The third-order valence-electron chi connectivity index (χ3n) is 4.51. The van der Waals surface area contributed by atoms with Crippen molar-refractivity contribution in [1.82, 2.24) is 0 Å². The molecule has 1 spiro atoms. The molecule has 1 fully saturated rings. The van der Waals surface area contributed by atoms with Crippen molar-refractivity contribution < 1.29 is 14.5 Å². The summed E-state index contributed by atoms with van der Waals surface area (Å²) in [5.74, 6) is 0.0257. The van der Waals surface area contributed by atoms with Gasteiger partial charge in [0.2, 0.25) is 0 Å². The highest BCUT2D eigenvalue weighted by Crippen LogP contribution is 2.56. The summed E-state index contributed by atoms with van der Waals surface area (Å²) in [6, 6.07) is 13.9. The molecule has 2 aliphatic rings. The number of carbonyl (C=O) groups excluding carboxylic acids is 1. The van der Waals surface area contributed by atoms with Crippen LogP contribution in [0.1, 0.15) is 34.0 Å². The molecule has 0 bridgehead atoms. The zero-order valence-corrected chi connectivity index (χ0v) is 11.7. The van der Waals surface area contributed by atoms with E-state index in [0.29, 0.717) is 6.42 Å². The Morgan fingerprint density at radius 1 is 1.14 bits per heavy atom. The lowest BCUT2D eigenvalue weighted by Gasteiger charge is -2.20. The number of nitrogens with zero attached hydrogens (tertiary/aromatic N) is 1. The SMILES string of the molecule is O=C1c2ccccc2CCC12OC2c1ccc([N+](=O)[O-])cc1. The number of epoxide rings is 1. The van der Waals surface area contributed by atoms with Crippen LogP contribution in [0.3, 0.4) is 0 Å². The fraction of sp³-hybridized carbons (Fsp3) is 0.235. The van der Waals surface area contributed by atoms with Gasteiger partial charge in [0.25, 0.3) is 5.69 Å². The molecule has 1 saturated heterocycles. The summed E-state index contributed by atoms with van der Waals surface area (Å²) in [4.78, 5) is 23.0. The molecule has 1 aliphatic heterocycles. The van der Waals surface area contributed by atoms with Crippen molar-refractivity contribution in [2.24, 2.45) is 0 Å². The van der Waals surface area contributed by atoms with Crippen LogP contribution in [0.5, 0.6) is 0 Å². The highest BCUT2D eigenvalue weighted by Gasteiger charge is 2.63. The number of nitro groups is 1. The van der Waals surface area contributed by atoms with Gasteiger partial charge in [-0.05, 0) is 36.1 Å². The van der Waals surface area contributed by atoms with Gasteiger partial charge >= 0.3 is 0 Å². The van der Waals surface area contributed by atoms with Crippen LogP contribution in [-0.4, -0.2) is 16.3 Å². The van der Waals surface area contributed by atoms with E-state index in [1.165, 1.54) is 12.1 Å². The minimum Gasteiger partial charge on any atom is -0.352 e. The lowest BCUT2D eigenvalue weighted by atomic mass is 9.79. The topological polar surface area (TPSA) is 72.7 Å². The summed E-state index contributed by atoms with van der Waals surface area (Å²) in [6.45, 7) is 0. The summed E-state index contributed by atoms with van der Waals surface area (Å²) in [7, 11) is 0. The summed E-state index contributed by atoms with van der Waals surface area (Å²) >= 11 is 0. The van der Waals surface area contributed by atoms with E-state index < -0.39 is 10.5 Å². The summed E-state index contributed by atoms with van der Waals surface area (Å²) in [5, 5.41) is 10.7. The van der Waals surface area contributed by atoms with Crippen LogP contribution < -0.4 is 0 Å². The number of carbonyl (C=O) groups is 1. The van der Waals surface area contributed by atoms with Crippen molar-refractivity contribution >= 4 is 11.5 Å². The quantitative estimate of drug-likeness (QED) is 0.484. The average Bonchev–Trinajstić information content (AvgIpc) is 3.27. The number of aryl methyl sites for hydroxylation is 1. The minimum atomic E-state index is -0.773. The number of nitro benzene ring substituents is 1. The summed E-state index contributed by atoms with van der Waals surface area (Å²) in [6.07, 6.45) is 1.17. The van der Waals surface area contributed by atoms with E-state index >= 15 is 0 Å². The van der Waals surface area contributed by atoms with Crippen LogP contribution in [0.4, 0.5) is 5.69 Å². The molecule has 5 nitrogen and oxygen atoms in total. The monoisotopic (exact) mass is 295 g/mol. The molecule has 2 aromatic carbocycles. The zero-order valence-electron chi connectivity index (χ0n) is 11.7. The molecule has 2 aromatic rings. The summed E-state index contributed by atoms with van der Waals surface area (Å²) in [5.41, 5.74) is 1.89. The highest BCUT2D eigenvalue weighted by atomic mass is 16.6. The third-order valence-corrected chi connectivity index (χ3v) is 4.51. The Hall–Kier alpha value is -2.53. The van der Waals surface area contributed by atoms with Crippen molar-refractivity contribution in [1.29, 1.82) is 0 Å². The first-order valence-corrected chi connectivity index (χ1v) is 7.17. The summed E-state index contributed by atoms with van der Waals surface area (Å²) < 4.78 is 5.78. The molecular formula is C17H13NO4. The molecule has 22 heavy (non-hydrogen) atoms. The maximum absolute atomic E-state index is 12.7. The van der Waals surface area contributed by atoms with Crippen LogP contribution >= 0.6 is 0 Å². The number of non-ortho nitro benzene ring substituents is 1. The lowest BCUT2D eigenvalue weighted by Crippen LogP contribution is -2.31. The van der Waals surface area contributed by atoms with Gasteiger partial charge in [-0.25, -0.2) is 0 Å². The van der Waals surface area contributed by atoms with Gasteiger partial charge in [0.05, 0.1) is 4.92 Å². The zero-order chi connectivity index (χ0) is 15.3. The van der Waals surface area contributed by atoms with Gasteiger partial charge < -0.3 is 4.74 Å². The second-order valence-corrected chi connectivity index (χ2v) is 5.72. The van der Waals surface area contributed by atoms with Gasteiger partial charge in [-0.2, -0.15) is 0 Å². The largest absolute Gasteiger partial charge is 0.352 e. The van der Waals surface area contributed by atoms with Crippen LogP contribution in [0, 0.1) is 10.1 Å². The smallest absolute Gasteiger partial charge is 0.269 e. The first-order chi connectivity index (χ1) is 10.6. The minimum absolute atomic E-state index is 0.0257. The Balaban J connectivity index is 1.64. The van der Waals surface area contributed by atoms with E-state index in [9.17, 15) is 14.9 Å². The Morgan fingerprint density at radius 2 is 1.86 bits per heavy atom. The van der Waals surface area contributed by atoms with Gasteiger partial charge in [-0.3, -0.25) is 14.9 Å². The van der Waals surface area contributed by atoms with E-state index in [2.05, 4.69) is 0 Å². The molecule has 4 rings (SSSR count). The number of hydrogen-bond donors (Lipinski definition) is 0. The predicted molar refractivity (Wildman–Crippen MR) is 78.7 cm³/mol. The fourth-order valence-electron chi connectivity index (χ4n) is 3.27. The van der Waals surface area contributed by atoms with E-state index in [-0.39, 0.29) is 17.6 Å². The van der Waals surface area contributed by atoms with Crippen molar-refractivity contribution in [3.63, 3.8) is 0 Å². The normalized spacial score (nSPS) is 25.8. The number of Topliss-reactive ketones (excluding diaryl/α,β-unsaturated/α-hetero) is 1. The molecule has 5 heteroatoms. The number of benzene rings is 2. The van der Waals surface area contributed by atoms with Crippen molar-refractivity contribution in [3.8, 4) is 0 Å². The number of ketones is 1. The van der Waals surface area contributed by atoms with Crippen LogP contribution in [0.25, 0.3) is 0 Å². The Bertz CT molecular complexity index is 784. The van der Waals surface area contributed by atoms with E-state index in [1.54, 1.807) is 12.1 Å². The van der Waals surface area contributed by atoms with Crippen molar-refractivity contribution in [2.45, 2.75) is 24.5 Å². The van der Waals surface area contributed by atoms with Gasteiger partial charge in [0.1, 0.15) is 6.10 Å². The molecule has 0 aromatic heterocycles. The average molecular weight is 295 g/mol. The third kappa shape index (κ3) is 1.79. The number of rotatable bonds is 2. The number of hydrogen-bond acceptors (Lipinski definition) is 4. The molecule has 1 aliphatic carbocycles. The Morgan fingerprint density at radius 3 is 2.59 bits per heavy atom. The molecule has 0 saturated carbocycles. The molecule has 2 atom stereocenters. The predicted octanol–water partition coefficient (Wildman–Crippen LogP) is 3.23. The molecular weight excluding hydrogens is 282 g/mol. The van der Waals surface area contributed by atoms with Gasteiger partial charge in [0.15, 0.2) is 11.4 Å². The van der Waals surface area contributed by atoms with Crippen LogP contribution in [0.15, 0.2) is 48.5 Å². The number of ether oxygens (including phenoxy) is 1. The molecule has 0 radical (unpaired) electrons. The van der Waals surface area contributed by atoms with E-state index in [0.717, 1.165) is 23.1 Å². The van der Waals surface area contributed by atoms with Crippen molar-refractivity contribution in [2.75, 3.05) is 0 Å². The van der Waals surface area contributed by atoms with Gasteiger partial charge in [0, 0.05) is 17.7 Å². The molecule has 1 heterocycles. The van der Waals surface area contributed by atoms with Gasteiger partial charge in [-0.1, -0.05) is 24.3 Å². The van der Waals surface area contributed by atoms with Crippen LogP contribution in [0.2, 0.25) is 0 Å². The second-order valence-electron chi connectivity index (χ2n) is 5.72. The molecule has 0 N–H and O–H groups in total. The van der Waals surface area contributed by atoms with Gasteiger partial charge in [-0.15, -0.1) is 0 Å². The highest BCUT2D eigenvalue weighted by molar-refractivity contribution is 6.07. The molecule has 2 unspecified atom stereocenters. The molecule has 110 valence electrons. The maximum Gasteiger partial charge on any atom is 0.269 e. The second kappa shape index (κ2) is 4.48. The Labute approximate surface area is 126 Å². The number of fused-ring (bicyclic) bond motifs is 1. The fourth-order valence-corrected chi connectivity index (χ4v) is 3.27. The maximum atomic E-state index is 12.7. The standard InChI is InChI=1S/C17H13NO4/c19-15-14-4-2-1-3-11(14)9-10-17(15)16(22-17)12-5-7-13(8-6-12)18(20)21/h1-8,16H,9-10H2. The van der Waals surface area contributed by atoms with E-state index in [4.69, 9.17) is 4.74 Å². The first kappa shape index (κ1) is 13.2.